The van der Waals surface area contributed by atoms with Crippen LogP contribution in [0.15, 0.2) is 0 Å². The monoisotopic (exact) mass is 167 g/mol. The van der Waals surface area contributed by atoms with Crippen LogP contribution in [0.5, 0.6) is 0 Å². The first-order chi connectivity index (χ1) is 5.74. The minimum atomic E-state index is -0.495. The fraction of sp³-hybridized carbons (Fsp3) is 0.429. The molecule has 1 heterocycles. The molecule has 1 unspecified atom stereocenters. The fourth-order valence-corrected chi connectivity index (χ4v) is 0.875. The highest BCUT2D eigenvalue weighted by atomic mass is 16.2. The lowest BCUT2D eigenvalue weighted by atomic mass is 10.3. The van der Waals surface area contributed by atoms with Gasteiger partial charge in [-0.1, -0.05) is 5.92 Å². The van der Waals surface area contributed by atoms with E-state index in [2.05, 4.69) is 21.9 Å². The SMILES string of the molecule is C#CCNC(=O)C1CNC(=O)N1. The molecule has 0 spiro atoms. The first-order valence-electron chi connectivity index (χ1n) is 3.49. The van der Waals surface area contributed by atoms with Gasteiger partial charge in [-0.15, -0.1) is 6.42 Å². The van der Waals surface area contributed by atoms with Crippen molar-refractivity contribution in [1.29, 1.82) is 0 Å². The molecule has 1 rings (SSSR count). The maximum absolute atomic E-state index is 11.1. The van der Waals surface area contributed by atoms with E-state index in [0.717, 1.165) is 0 Å². The minimum absolute atomic E-state index is 0.186. The van der Waals surface area contributed by atoms with Crippen molar-refractivity contribution in [3.8, 4) is 12.3 Å². The molecule has 0 bridgehead atoms. The van der Waals surface area contributed by atoms with Crippen LogP contribution in [-0.4, -0.2) is 31.1 Å². The second-order valence-corrected chi connectivity index (χ2v) is 2.33. The number of carbonyl (C=O) groups is 2. The highest BCUT2D eigenvalue weighted by molar-refractivity contribution is 5.90. The zero-order chi connectivity index (χ0) is 8.97. The van der Waals surface area contributed by atoms with Crippen LogP contribution in [0.4, 0.5) is 4.79 Å². The first kappa shape index (κ1) is 8.40. The van der Waals surface area contributed by atoms with Crippen molar-refractivity contribution in [3.63, 3.8) is 0 Å². The summed E-state index contributed by atoms with van der Waals surface area (Å²) in [5.41, 5.74) is 0. The average Bonchev–Trinajstić information content (AvgIpc) is 2.47. The molecule has 0 saturated carbocycles. The molecule has 64 valence electrons. The van der Waals surface area contributed by atoms with Crippen molar-refractivity contribution in [2.45, 2.75) is 6.04 Å². The molecule has 1 fully saturated rings. The predicted molar refractivity (Wildman–Crippen MR) is 42.2 cm³/mol. The molecule has 1 aliphatic rings. The largest absolute Gasteiger partial charge is 0.343 e. The van der Waals surface area contributed by atoms with Crippen molar-refractivity contribution in [2.75, 3.05) is 13.1 Å². The number of hydrogen-bond acceptors (Lipinski definition) is 2. The van der Waals surface area contributed by atoms with E-state index in [9.17, 15) is 9.59 Å². The fourth-order valence-electron chi connectivity index (χ4n) is 0.875. The van der Waals surface area contributed by atoms with Gasteiger partial charge in [0.1, 0.15) is 6.04 Å². The van der Waals surface area contributed by atoms with Crippen LogP contribution in [0, 0.1) is 12.3 Å². The Morgan fingerprint density at radius 2 is 2.58 bits per heavy atom. The Bertz CT molecular complexity index is 244. The van der Waals surface area contributed by atoms with E-state index in [0.29, 0.717) is 6.54 Å². The van der Waals surface area contributed by atoms with Crippen molar-refractivity contribution >= 4 is 11.9 Å². The van der Waals surface area contributed by atoms with Gasteiger partial charge in [0.05, 0.1) is 6.54 Å². The second kappa shape index (κ2) is 3.62. The van der Waals surface area contributed by atoms with Crippen LogP contribution in [-0.2, 0) is 4.79 Å². The molecular weight excluding hydrogens is 158 g/mol. The Morgan fingerprint density at radius 3 is 3.08 bits per heavy atom. The summed E-state index contributed by atoms with van der Waals surface area (Å²) in [5, 5.41) is 7.36. The summed E-state index contributed by atoms with van der Waals surface area (Å²) in [6, 6.07) is -0.818. The lowest BCUT2D eigenvalue weighted by Gasteiger charge is -2.06. The van der Waals surface area contributed by atoms with E-state index in [1.54, 1.807) is 0 Å². The smallest absolute Gasteiger partial charge is 0.315 e. The maximum Gasteiger partial charge on any atom is 0.315 e. The van der Waals surface area contributed by atoms with Gasteiger partial charge in [-0.05, 0) is 0 Å². The quantitative estimate of drug-likeness (QED) is 0.434. The van der Waals surface area contributed by atoms with E-state index >= 15 is 0 Å². The molecule has 1 aliphatic heterocycles. The molecule has 0 radical (unpaired) electrons. The molecule has 5 heteroatoms. The molecule has 1 saturated heterocycles. The van der Waals surface area contributed by atoms with Crippen LogP contribution in [0.1, 0.15) is 0 Å². The summed E-state index contributed by atoms with van der Waals surface area (Å²) in [5.74, 6) is 2.01. The van der Waals surface area contributed by atoms with Crippen LogP contribution < -0.4 is 16.0 Å². The highest BCUT2D eigenvalue weighted by Gasteiger charge is 2.25. The highest BCUT2D eigenvalue weighted by Crippen LogP contribution is 1.89. The molecule has 0 aromatic carbocycles. The van der Waals surface area contributed by atoms with Gasteiger partial charge in [0, 0.05) is 6.54 Å². The van der Waals surface area contributed by atoms with E-state index < -0.39 is 6.04 Å². The Hall–Kier alpha value is -1.70. The van der Waals surface area contributed by atoms with Gasteiger partial charge < -0.3 is 16.0 Å². The number of carbonyl (C=O) groups excluding carboxylic acids is 2. The number of terminal acetylenes is 1. The summed E-state index contributed by atoms with van der Waals surface area (Å²) in [7, 11) is 0. The first-order valence-corrected chi connectivity index (χ1v) is 3.49. The third kappa shape index (κ3) is 1.89. The van der Waals surface area contributed by atoms with Gasteiger partial charge in [-0.25, -0.2) is 4.79 Å². The van der Waals surface area contributed by atoms with Gasteiger partial charge in [0.15, 0.2) is 0 Å². The van der Waals surface area contributed by atoms with Gasteiger partial charge in [-0.2, -0.15) is 0 Å². The zero-order valence-electron chi connectivity index (χ0n) is 6.39. The number of amides is 3. The van der Waals surface area contributed by atoms with E-state index in [4.69, 9.17) is 6.42 Å². The Kier molecular flexibility index (Phi) is 2.53. The average molecular weight is 167 g/mol. The van der Waals surface area contributed by atoms with Gasteiger partial charge in [0.25, 0.3) is 0 Å². The standard InChI is InChI=1S/C7H9N3O2/c1-2-3-8-6(11)5-4-9-7(12)10-5/h1,5H,3-4H2,(H,8,11)(H2,9,10,12). The summed E-state index contributed by atoms with van der Waals surface area (Å²) in [6.07, 6.45) is 4.94. The van der Waals surface area contributed by atoms with Crippen molar-refractivity contribution in [1.82, 2.24) is 16.0 Å². The van der Waals surface area contributed by atoms with Crippen LogP contribution in [0.25, 0.3) is 0 Å². The predicted octanol–water partition coefficient (Wildman–Crippen LogP) is -1.58. The zero-order valence-corrected chi connectivity index (χ0v) is 6.39. The summed E-state index contributed by atoms with van der Waals surface area (Å²) < 4.78 is 0. The van der Waals surface area contributed by atoms with E-state index in [1.807, 2.05) is 0 Å². The molecule has 3 amide bonds. The second-order valence-electron chi connectivity index (χ2n) is 2.33. The summed E-state index contributed by atoms with van der Waals surface area (Å²) in [4.78, 5) is 21.7. The van der Waals surface area contributed by atoms with Crippen molar-refractivity contribution in [3.05, 3.63) is 0 Å². The van der Waals surface area contributed by atoms with E-state index in [1.165, 1.54) is 0 Å². The van der Waals surface area contributed by atoms with E-state index in [-0.39, 0.29) is 18.5 Å². The van der Waals surface area contributed by atoms with Gasteiger partial charge >= 0.3 is 6.03 Å². The summed E-state index contributed by atoms with van der Waals surface area (Å²) >= 11 is 0. The molecule has 5 nitrogen and oxygen atoms in total. The third-order valence-corrected chi connectivity index (χ3v) is 1.45. The number of rotatable bonds is 2. The minimum Gasteiger partial charge on any atom is -0.343 e. The van der Waals surface area contributed by atoms with Crippen molar-refractivity contribution < 1.29 is 9.59 Å². The Balaban J connectivity index is 2.34. The molecule has 0 aliphatic carbocycles. The van der Waals surface area contributed by atoms with Crippen molar-refractivity contribution in [2.24, 2.45) is 0 Å². The van der Waals surface area contributed by atoms with Gasteiger partial charge in [0.2, 0.25) is 5.91 Å². The van der Waals surface area contributed by atoms with Crippen LogP contribution in [0.3, 0.4) is 0 Å². The third-order valence-electron chi connectivity index (χ3n) is 1.45. The Labute approximate surface area is 69.9 Å². The number of urea groups is 1. The topological polar surface area (TPSA) is 70.2 Å². The molecule has 1 atom stereocenters. The maximum atomic E-state index is 11.1. The molecular formula is C7H9N3O2. The lowest BCUT2D eigenvalue weighted by Crippen LogP contribution is -2.42. The summed E-state index contributed by atoms with van der Waals surface area (Å²) in [6.45, 7) is 0.500. The molecule has 3 N–H and O–H groups in total. The van der Waals surface area contributed by atoms with Gasteiger partial charge in [-0.3, -0.25) is 4.79 Å². The number of nitrogens with one attached hydrogen (secondary N) is 3. The van der Waals surface area contributed by atoms with Crippen LogP contribution in [0.2, 0.25) is 0 Å². The Morgan fingerprint density at radius 1 is 1.83 bits per heavy atom. The van der Waals surface area contributed by atoms with Crippen LogP contribution >= 0.6 is 0 Å². The number of hydrogen-bond donors (Lipinski definition) is 3. The molecule has 12 heavy (non-hydrogen) atoms. The molecule has 0 aromatic rings. The lowest BCUT2D eigenvalue weighted by molar-refractivity contribution is -0.122. The molecule has 0 aromatic heterocycles. The normalized spacial score (nSPS) is 20.6.